The zero-order valence-electron chi connectivity index (χ0n) is 11.2. The lowest BCUT2D eigenvalue weighted by molar-refractivity contribution is 0.277. The Morgan fingerprint density at radius 1 is 1.28 bits per heavy atom. The molecule has 1 fully saturated rings. The summed E-state index contributed by atoms with van der Waals surface area (Å²) in [6.45, 7) is 6.09. The van der Waals surface area contributed by atoms with E-state index < -0.39 is 0 Å². The van der Waals surface area contributed by atoms with Gasteiger partial charge in [0.05, 0.1) is 11.9 Å². The van der Waals surface area contributed by atoms with Crippen molar-refractivity contribution >= 4 is 11.8 Å². The summed E-state index contributed by atoms with van der Waals surface area (Å²) in [5.74, 6) is 0.572. The molecule has 1 saturated carbocycles. The highest BCUT2D eigenvalue weighted by atomic mass is 32.2. The summed E-state index contributed by atoms with van der Waals surface area (Å²) in [5, 5.41) is 10.2. The molecule has 2 atom stereocenters. The van der Waals surface area contributed by atoms with Crippen molar-refractivity contribution in [1.29, 1.82) is 0 Å². The van der Waals surface area contributed by atoms with E-state index in [0.29, 0.717) is 5.92 Å². The van der Waals surface area contributed by atoms with Gasteiger partial charge in [-0.05, 0) is 45.1 Å². The van der Waals surface area contributed by atoms with Crippen LogP contribution in [0.1, 0.15) is 29.8 Å². The Hall–Kier alpha value is -0.650. The van der Waals surface area contributed by atoms with Gasteiger partial charge in [-0.3, -0.25) is 0 Å². The molecule has 0 spiro atoms. The lowest BCUT2D eigenvalue weighted by Crippen LogP contribution is -2.37. The van der Waals surface area contributed by atoms with Gasteiger partial charge in [-0.25, -0.2) is 9.97 Å². The molecule has 2 rings (SSSR count). The predicted octanol–water partition coefficient (Wildman–Crippen LogP) is 1.59. The average Bonchev–Trinajstić information content (AvgIpc) is 3.16. The van der Waals surface area contributed by atoms with E-state index in [0.717, 1.165) is 22.1 Å². The number of rotatable bonds is 5. The van der Waals surface area contributed by atoms with E-state index in [4.69, 9.17) is 5.73 Å². The molecule has 2 unspecified atom stereocenters. The summed E-state index contributed by atoms with van der Waals surface area (Å²) in [6, 6.07) is 0.0468. The lowest BCUT2D eigenvalue weighted by Gasteiger charge is -2.20. The maximum absolute atomic E-state index is 9.47. The van der Waals surface area contributed by atoms with E-state index in [1.165, 1.54) is 24.6 Å². The van der Waals surface area contributed by atoms with Gasteiger partial charge >= 0.3 is 0 Å². The highest BCUT2D eigenvalue weighted by Gasteiger charge is 2.34. The molecule has 5 heteroatoms. The largest absolute Gasteiger partial charge is 0.395 e. The van der Waals surface area contributed by atoms with Gasteiger partial charge in [0.15, 0.2) is 5.16 Å². The molecule has 18 heavy (non-hydrogen) atoms. The minimum atomic E-state index is -0.000920. The Bertz CT molecular complexity index is 411. The number of nitrogens with two attached hydrogens (primary N) is 1. The second-order valence-corrected chi connectivity index (χ2v) is 6.26. The van der Waals surface area contributed by atoms with Crippen molar-refractivity contribution < 1.29 is 5.11 Å². The van der Waals surface area contributed by atoms with Crippen molar-refractivity contribution in [2.45, 2.75) is 50.1 Å². The first-order valence-electron chi connectivity index (χ1n) is 6.38. The van der Waals surface area contributed by atoms with Crippen molar-refractivity contribution in [3.63, 3.8) is 0 Å². The van der Waals surface area contributed by atoms with Gasteiger partial charge in [-0.15, -0.1) is 0 Å². The first kappa shape index (κ1) is 13.8. The molecule has 0 aliphatic heterocycles. The van der Waals surface area contributed by atoms with E-state index in [9.17, 15) is 5.11 Å². The second kappa shape index (κ2) is 5.55. The number of aromatic nitrogens is 2. The van der Waals surface area contributed by atoms with Gasteiger partial charge in [0, 0.05) is 17.4 Å². The van der Waals surface area contributed by atoms with Crippen LogP contribution in [-0.2, 0) is 0 Å². The molecule has 1 aromatic rings. The van der Waals surface area contributed by atoms with Gasteiger partial charge in [0.25, 0.3) is 0 Å². The highest BCUT2D eigenvalue weighted by Crippen LogP contribution is 2.37. The summed E-state index contributed by atoms with van der Waals surface area (Å²) >= 11 is 1.50. The van der Waals surface area contributed by atoms with Gasteiger partial charge in [-0.1, -0.05) is 11.8 Å². The Labute approximate surface area is 112 Å². The third-order valence-electron chi connectivity index (χ3n) is 3.64. The topological polar surface area (TPSA) is 72.0 Å². The molecular weight excluding hydrogens is 246 g/mol. The highest BCUT2D eigenvalue weighted by molar-refractivity contribution is 7.99. The van der Waals surface area contributed by atoms with Crippen LogP contribution in [0.2, 0.25) is 0 Å². The molecule has 0 saturated heterocycles. The Kier molecular flexibility index (Phi) is 4.25. The Morgan fingerprint density at radius 3 is 2.28 bits per heavy atom. The van der Waals surface area contributed by atoms with Crippen LogP contribution in [0.4, 0.5) is 0 Å². The summed E-state index contributed by atoms with van der Waals surface area (Å²) in [6.07, 6.45) is 2.37. The number of aliphatic hydroxyl groups is 1. The predicted molar refractivity (Wildman–Crippen MR) is 73.7 cm³/mol. The zero-order valence-corrected chi connectivity index (χ0v) is 12.0. The smallest absolute Gasteiger partial charge is 0.188 e. The van der Waals surface area contributed by atoms with Crippen LogP contribution in [0.3, 0.4) is 0 Å². The molecule has 0 bridgehead atoms. The third kappa shape index (κ3) is 3.02. The molecule has 0 radical (unpaired) electrons. The number of nitrogens with zero attached hydrogens (tertiary/aromatic N) is 2. The normalized spacial score (nSPS) is 18.7. The summed E-state index contributed by atoms with van der Waals surface area (Å²) in [4.78, 5) is 8.94. The van der Waals surface area contributed by atoms with Crippen LogP contribution in [0.15, 0.2) is 5.16 Å². The molecule has 1 aliphatic carbocycles. The monoisotopic (exact) mass is 267 g/mol. The first-order chi connectivity index (χ1) is 8.52. The summed E-state index contributed by atoms with van der Waals surface area (Å²) in [7, 11) is 0. The van der Waals surface area contributed by atoms with Crippen molar-refractivity contribution in [2.24, 2.45) is 11.7 Å². The molecule has 100 valence electrons. The standard InChI is InChI=1S/C13H21N3OS/c1-7-8(2)15-13(16-9(7)3)18-11(6-17)12(14)10-4-5-10/h10-12,17H,4-6,14H2,1-3H3. The van der Waals surface area contributed by atoms with Crippen LogP contribution in [-0.4, -0.2) is 33.0 Å². The molecule has 1 aromatic heterocycles. The van der Waals surface area contributed by atoms with E-state index in [1.807, 2.05) is 20.8 Å². The van der Waals surface area contributed by atoms with E-state index in [1.54, 1.807) is 0 Å². The SMILES string of the molecule is Cc1nc(SC(CO)C(N)C2CC2)nc(C)c1C. The zero-order chi connectivity index (χ0) is 13.3. The quantitative estimate of drug-likeness (QED) is 0.626. The number of hydrogen-bond acceptors (Lipinski definition) is 5. The van der Waals surface area contributed by atoms with Crippen LogP contribution < -0.4 is 5.73 Å². The summed E-state index contributed by atoms with van der Waals surface area (Å²) < 4.78 is 0. The van der Waals surface area contributed by atoms with E-state index in [-0.39, 0.29) is 17.9 Å². The minimum Gasteiger partial charge on any atom is -0.395 e. The van der Waals surface area contributed by atoms with Crippen LogP contribution in [0.5, 0.6) is 0 Å². The maximum atomic E-state index is 9.47. The molecule has 0 aromatic carbocycles. The number of hydrogen-bond donors (Lipinski definition) is 2. The molecule has 0 amide bonds. The van der Waals surface area contributed by atoms with Crippen molar-refractivity contribution in [3.05, 3.63) is 17.0 Å². The average molecular weight is 267 g/mol. The fraction of sp³-hybridized carbons (Fsp3) is 0.692. The fourth-order valence-electron chi connectivity index (χ4n) is 1.95. The van der Waals surface area contributed by atoms with E-state index >= 15 is 0 Å². The molecule has 4 nitrogen and oxygen atoms in total. The Morgan fingerprint density at radius 2 is 1.83 bits per heavy atom. The van der Waals surface area contributed by atoms with Crippen LogP contribution in [0, 0.1) is 26.7 Å². The Balaban J connectivity index is 2.11. The third-order valence-corrected chi connectivity index (χ3v) is 4.80. The lowest BCUT2D eigenvalue weighted by atomic mass is 10.1. The van der Waals surface area contributed by atoms with Gasteiger partial charge in [-0.2, -0.15) is 0 Å². The van der Waals surface area contributed by atoms with Crippen LogP contribution >= 0.6 is 11.8 Å². The summed E-state index contributed by atoms with van der Waals surface area (Å²) in [5.41, 5.74) is 9.29. The van der Waals surface area contributed by atoms with Crippen molar-refractivity contribution in [1.82, 2.24) is 9.97 Å². The first-order valence-corrected chi connectivity index (χ1v) is 7.25. The second-order valence-electron chi connectivity index (χ2n) is 5.06. The molecule has 1 heterocycles. The van der Waals surface area contributed by atoms with Crippen LogP contribution in [0.25, 0.3) is 0 Å². The molecule has 3 N–H and O–H groups in total. The maximum Gasteiger partial charge on any atom is 0.188 e. The molecular formula is C13H21N3OS. The van der Waals surface area contributed by atoms with Crippen molar-refractivity contribution in [3.8, 4) is 0 Å². The number of aliphatic hydroxyl groups excluding tert-OH is 1. The van der Waals surface area contributed by atoms with Gasteiger partial charge in [0.2, 0.25) is 0 Å². The van der Waals surface area contributed by atoms with Gasteiger partial charge in [0.1, 0.15) is 0 Å². The number of thioether (sulfide) groups is 1. The number of aryl methyl sites for hydroxylation is 2. The van der Waals surface area contributed by atoms with Crippen molar-refractivity contribution in [2.75, 3.05) is 6.61 Å². The fourth-order valence-corrected chi connectivity index (χ4v) is 3.06. The van der Waals surface area contributed by atoms with Gasteiger partial charge < -0.3 is 10.8 Å². The minimum absolute atomic E-state index is 0.000920. The van der Waals surface area contributed by atoms with E-state index in [2.05, 4.69) is 9.97 Å². The molecule has 1 aliphatic rings.